The van der Waals surface area contributed by atoms with Crippen LogP contribution >= 0.6 is 0 Å². The van der Waals surface area contributed by atoms with E-state index in [1.807, 2.05) is 0 Å². The van der Waals surface area contributed by atoms with Gasteiger partial charge in [-0.3, -0.25) is 0 Å². The second kappa shape index (κ2) is 6.69. The lowest BCUT2D eigenvalue weighted by Gasteiger charge is -2.30. The van der Waals surface area contributed by atoms with Crippen LogP contribution in [-0.2, 0) is 19.2 Å². The molecular formula is C6H6BF6O4. The first kappa shape index (κ1) is 16.0. The second-order valence-corrected chi connectivity index (χ2v) is 2.48. The standard InChI is InChI=1S/C6H6BF6O4/c8-1-2-15-5(4(14)17-13,6(9,10)11)16-3-7-12/h1-3H2. The average molecular weight is 267 g/mol. The monoisotopic (exact) mass is 267 g/mol. The quantitative estimate of drug-likeness (QED) is 0.395. The molecule has 0 aliphatic heterocycles. The lowest BCUT2D eigenvalue weighted by atomic mass is 10.1. The third-order valence-electron chi connectivity index (χ3n) is 1.44. The summed E-state index contributed by atoms with van der Waals surface area (Å²) in [4.78, 5) is 13.0. The van der Waals surface area contributed by atoms with Gasteiger partial charge in [-0.1, -0.05) is 0 Å². The summed E-state index contributed by atoms with van der Waals surface area (Å²) in [5.74, 6) is -6.81. The van der Waals surface area contributed by atoms with Crippen molar-refractivity contribution >= 4 is 13.5 Å². The highest BCUT2D eigenvalue weighted by atomic mass is 19.4. The van der Waals surface area contributed by atoms with Gasteiger partial charge in [-0.25, -0.2) is 14.1 Å². The Kier molecular flexibility index (Phi) is 6.31. The Morgan fingerprint density at radius 1 is 1.24 bits per heavy atom. The van der Waals surface area contributed by atoms with Crippen molar-refractivity contribution in [1.82, 2.24) is 0 Å². The Morgan fingerprint density at radius 3 is 2.18 bits per heavy atom. The number of rotatable bonds is 7. The first-order chi connectivity index (χ1) is 7.85. The van der Waals surface area contributed by atoms with Gasteiger partial charge in [0.1, 0.15) is 6.67 Å². The molecule has 4 nitrogen and oxygen atoms in total. The number of hydrogen-bond acceptors (Lipinski definition) is 4. The highest BCUT2D eigenvalue weighted by Gasteiger charge is 2.66. The van der Waals surface area contributed by atoms with E-state index in [2.05, 4.69) is 14.4 Å². The van der Waals surface area contributed by atoms with Gasteiger partial charge in [0.2, 0.25) is 0 Å². The summed E-state index contributed by atoms with van der Waals surface area (Å²) >= 11 is 0. The maximum absolute atomic E-state index is 12.5. The van der Waals surface area contributed by atoms with Gasteiger partial charge in [-0.2, -0.15) is 13.2 Å². The van der Waals surface area contributed by atoms with Crippen LogP contribution in [0.5, 0.6) is 0 Å². The molecule has 0 rings (SSSR count). The summed E-state index contributed by atoms with van der Waals surface area (Å²) < 4.78 is 79.9. The largest absolute Gasteiger partial charge is 0.455 e. The van der Waals surface area contributed by atoms with Gasteiger partial charge in [0.05, 0.1) is 13.1 Å². The second-order valence-electron chi connectivity index (χ2n) is 2.48. The summed E-state index contributed by atoms with van der Waals surface area (Å²) in [6, 6.07) is 0. The fraction of sp³-hybridized carbons (Fsp3) is 0.833. The summed E-state index contributed by atoms with van der Waals surface area (Å²) in [6.45, 7) is -3.96. The van der Waals surface area contributed by atoms with Crippen LogP contribution in [0.15, 0.2) is 0 Å². The van der Waals surface area contributed by atoms with Crippen LogP contribution < -0.4 is 0 Å². The molecule has 1 atom stereocenters. The minimum Gasteiger partial charge on any atom is -0.340 e. The number of ether oxygens (including phenoxy) is 2. The van der Waals surface area contributed by atoms with Crippen LogP contribution in [0.2, 0.25) is 0 Å². The van der Waals surface area contributed by atoms with E-state index in [1.165, 1.54) is 0 Å². The first-order valence-corrected chi connectivity index (χ1v) is 4.01. The maximum Gasteiger partial charge on any atom is 0.455 e. The molecule has 11 heteroatoms. The Balaban J connectivity index is 5.13. The zero-order chi connectivity index (χ0) is 13.5. The SMILES string of the molecule is O=C(OF)C(OC[B]F)(OCCF)C(F)(F)F. The van der Waals surface area contributed by atoms with Crippen molar-refractivity contribution in [2.45, 2.75) is 12.0 Å². The summed E-state index contributed by atoms with van der Waals surface area (Å²) in [5, 5.41) is 0. The molecule has 17 heavy (non-hydrogen) atoms. The predicted molar refractivity (Wildman–Crippen MR) is 40.7 cm³/mol. The van der Waals surface area contributed by atoms with Crippen LogP contribution in [0.1, 0.15) is 0 Å². The van der Waals surface area contributed by atoms with E-state index in [4.69, 9.17) is 0 Å². The molecule has 0 aromatic rings. The highest BCUT2D eigenvalue weighted by Crippen LogP contribution is 2.36. The molecule has 0 amide bonds. The molecule has 0 bridgehead atoms. The number of hydrogen-bond donors (Lipinski definition) is 0. The van der Waals surface area contributed by atoms with Crippen molar-refractivity contribution in [3.05, 3.63) is 0 Å². The zero-order valence-corrected chi connectivity index (χ0v) is 8.10. The molecule has 0 aromatic heterocycles. The molecule has 0 spiro atoms. The van der Waals surface area contributed by atoms with Crippen molar-refractivity contribution in [3.8, 4) is 0 Å². The molecule has 1 unspecified atom stereocenters. The molecule has 99 valence electrons. The Bertz CT molecular complexity index is 239. The van der Waals surface area contributed by atoms with Crippen molar-refractivity contribution in [1.29, 1.82) is 0 Å². The highest BCUT2D eigenvalue weighted by molar-refractivity contribution is 6.25. The minimum atomic E-state index is -5.58. The van der Waals surface area contributed by atoms with Gasteiger partial charge in [-0.05, 0) is 0 Å². The zero-order valence-electron chi connectivity index (χ0n) is 8.10. The van der Waals surface area contributed by atoms with Gasteiger partial charge >= 0.3 is 25.5 Å². The maximum atomic E-state index is 12.5. The molecule has 0 saturated heterocycles. The van der Waals surface area contributed by atoms with Crippen LogP contribution in [0.25, 0.3) is 0 Å². The first-order valence-electron chi connectivity index (χ1n) is 4.01. The molecule has 0 aliphatic rings. The van der Waals surface area contributed by atoms with Crippen LogP contribution in [0.3, 0.4) is 0 Å². The predicted octanol–water partition coefficient (Wildman–Crippen LogP) is 1.22. The van der Waals surface area contributed by atoms with Gasteiger partial charge in [0.15, 0.2) is 0 Å². The molecule has 0 heterocycles. The number of alkyl halides is 4. The van der Waals surface area contributed by atoms with E-state index in [-0.39, 0.29) is 7.56 Å². The molecule has 0 fully saturated rings. The average Bonchev–Trinajstić information content (AvgIpc) is 2.27. The molecule has 0 aromatic carbocycles. The van der Waals surface area contributed by atoms with E-state index < -0.39 is 37.7 Å². The fourth-order valence-corrected chi connectivity index (χ4v) is 0.821. The Hall–Kier alpha value is -0.965. The molecule has 0 saturated carbocycles. The van der Waals surface area contributed by atoms with E-state index in [9.17, 15) is 31.2 Å². The lowest BCUT2D eigenvalue weighted by Crippen LogP contribution is -2.57. The number of carbonyl (C=O) groups is 1. The van der Waals surface area contributed by atoms with E-state index >= 15 is 0 Å². The fourth-order valence-electron chi connectivity index (χ4n) is 0.821. The van der Waals surface area contributed by atoms with Crippen molar-refractivity contribution in [2.75, 3.05) is 19.8 Å². The lowest BCUT2D eigenvalue weighted by molar-refractivity contribution is -0.371. The van der Waals surface area contributed by atoms with Crippen molar-refractivity contribution < 1.29 is 45.6 Å². The van der Waals surface area contributed by atoms with Crippen LogP contribution in [0.4, 0.5) is 26.4 Å². The van der Waals surface area contributed by atoms with Gasteiger partial charge in [-0.15, -0.1) is 0 Å². The normalized spacial score (nSPS) is 15.2. The van der Waals surface area contributed by atoms with E-state index in [1.54, 1.807) is 0 Å². The summed E-state index contributed by atoms with van der Waals surface area (Å²) in [5.41, 5.74) is 0. The Morgan fingerprint density at radius 2 is 1.82 bits per heavy atom. The summed E-state index contributed by atoms with van der Waals surface area (Å²) in [7, 11) is -0.384. The van der Waals surface area contributed by atoms with Crippen molar-refractivity contribution in [2.24, 2.45) is 0 Å². The molecule has 0 aliphatic carbocycles. The Labute approximate surface area is 92.0 Å². The molecule has 0 N–H and O–H groups in total. The van der Waals surface area contributed by atoms with Crippen molar-refractivity contribution in [3.63, 3.8) is 0 Å². The minimum absolute atomic E-state index is 0.384. The summed E-state index contributed by atoms with van der Waals surface area (Å²) in [6.07, 6.45) is -5.58. The van der Waals surface area contributed by atoms with Gasteiger partial charge < -0.3 is 13.8 Å². The van der Waals surface area contributed by atoms with E-state index in [0.717, 1.165) is 0 Å². The van der Waals surface area contributed by atoms with Crippen LogP contribution in [-0.4, -0.2) is 45.3 Å². The third-order valence-corrected chi connectivity index (χ3v) is 1.44. The smallest absolute Gasteiger partial charge is 0.340 e. The topological polar surface area (TPSA) is 44.8 Å². The van der Waals surface area contributed by atoms with Gasteiger partial charge in [0, 0.05) is 4.53 Å². The van der Waals surface area contributed by atoms with Crippen LogP contribution in [0, 0.1) is 0 Å². The third kappa shape index (κ3) is 3.77. The molecular weight excluding hydrogens is 261 g/mol. The number of carbonyl (C=O) groups excluding carboxylic acids is 1. The van der Waals surface area contributed by atoms with Gasteiger partial charge in [0.25, 0.3) is 0 Å². The molecule has 1 radical (unpaired) electrons. The number of halogens is 6. The van der Waals surface area contributed by atoms with E-state index in [0.29, 0.717) is 0 Å².